The molecule has 204 valence electrons. The van der Waals surface area contributed by atoms with E-state index >= 15 is 0 Å². The van der Waals surface area contributed by atoms with Crippen LogP contribution in [-0.2, 0) is 20.9 Å². The topological polar surface area (TPSA) is 103 Å². The Morgan fingerprint density at radius 1 is 1.07 bits per heavy atom. The Labute approximate surface area is 235 Å². The third-order valence-electron chi connectivity index (χ3n) is 6.53. The maximum absolute atomic E-state index is 13.6. The molecule has 3 aromatic carbocycles. The van der Waals surface area contributed by atoms with Crippen LogP contribution in [0.25, 0.3) is 0 Å². The van der Waals surface area contributed by atoms with Gasteiger partial charge in [-0.15, -0.1) is 0 Å². The lowest BCUT2D eigenvalue weighted by Gasteiger charge is -2.27. The van der Waals surface area contributed by atoms with Gasteiger partial charge in [-0.3, -0.25) is 19.4 Å². The van der Waals surface area contributed by atoms with Gasteiger partial charge in [0.15, 0.2) is 5.17 Å². The first-order valence-corrected chi connectivity index (χ1v) is 13.9. The van der Waals surface area contributed by atoms with E-state index < -0.39 is 11.3 Å². The lowest BCUT2D eigenvalue weighted by molar-refractivity contribution is -0.128. The van der Waals surface area contributed by atoms with Gasteiger partial charge in [0.05, 0.1) is 17.4 Å². The normalized spacial score (nSPS) is 16.4. The van der Waals surface area contributed by atoms with Gasteiger partial charge in [0, 0.05) is 17.8 Å². The fraction of sp³-hybridized carbons (Fsp3) is 0.233. The number of nitrogens with zero attached hydrogens (tertiary/aromatic N) is 3. The Morgan fingerprint density at radius 3 is 2.60 bits per heavy atom. The van der Waals surface area contributed by atoms with Crippen LogP contribution in [0, 0.1) is 12.7 Å². The molecule has 3 aromatic rings. The summed E-state index contributed by atoms with van der Waals surface area (Å²) in [5.41, 5.74) is 3.80. The van der Waals surface area contributed by atoms with Crippen molar-refractivity contribution in [1.29, 1.82) is 0 Å². The zero-order valence-electron chi connectivity index (χ0n) is 22.1. The van der Waals surface area contributed by atoms with Gasteiger partial charge in [-0.1, -0.05) is 55.1 Å². The summed E-state index contributed by atoms with van der Waals surface area (Å²) in [6, 6.07) is 19.8. The second-order valence-electron chi connectivity index (χ2n) is 9.53. The van der Waals surface area contributed by atoms with Gasteiger partial charge < -0.3 is 10.6 Å². The van der Waals surface area contributed by atoms with Crippen molar-refractivity contribution in [3.8, 4) is 0 Å². The van der Waals surface area contributed by atoms with Gasteiger partial charge in [-0.2, -0.15) is 0 Å². The minimum Gasteiger partial charge on any atom is -0.352 e. The maximum Gasteiger partial charge on any atom is 0.259 e. The first kappa shape index (κ1) is 27.3. The second kappa shape index (κ2) is 11.8. The number of benzene rings is 3. The average Bonchev–Trinajstić information content (AvgIpc) is 3.27. The predicted molar refractivity (Wildman–Crippen MR) is 155 cm³/mol. The molecule has 0 unspecified atom stereocenters. The van der Waals surface area contributed by atoms with Crippen LogP contribution in [0.1, 0.15) is 36.5 Å². The minimum absolute atomic E-state index is 0.148. The number of rotatable bonds is 8. The van der Waals surface area contributed by atoms with Gasteiger partial charge in [-0.05, 0) is 60.9 Å². The molecule has 0 bridgehead atoms. The van der Waals surface area contributed by atoms with Crippen molar-refractivity contribution in [3.63, 3.8) is 0 Å². The Balaban J connectivity index is 1.32. The van der Waals surface area contributed by atoms with Crippen LogP contribution in [-0.4, -0.2) is 44.9 Å². The molecule has 2 aliphatic heterocycles. The van der Waals surface area contributed by atoms with Crippen molar-refractivity contribution in [2.24, 2.45) is 9.98 Å². The van der Waals surface area contributed by atoms with Gasteiger partial charge in [0.2, 0.25) is 11.8 Å². The van der Waals surface area contributed by atoms with Crippen molar-refractivity contribution in [2.75, 3.05) is 5.32 Å². The van der Waals surface area contributed by atoms with Crippen LogP contribution in [0.4, 0.5) is 15.8 Å². The van der Waals surface area contributed by atoms with E-state index in [0.717, 1.165) is 11.1 Å². The fourth-order valence-electron chi connectivity index (χ4n) is 4.46. The number of fused-ring (bicyclic) bond motifs is 3. The van der Waals surface area contributed by atoms with Gasteiger partial charge in [0.1, 0.15) is 17.7 Å². The molecule has 2 N–H and O–H groups in total. The summed E-state index contributed by atoms with van der Waals surface area (Å²) in [5, 5.41) is 5.56. The van der Waals surface area contributed by atoms with E-state index in [1.54, 1.807) is 12.1 Å². The van der Waals surface area contributed by atoms with Crippen molar-refractivity contribution < 1.29 is 18.8 Å². The number of amidine groups is 2. The number of nitrogens with one attached hydrogen (secondary N) is 2. The van der Waals surface area contributed by atoms with Crippen LogP contribution in [0.2, 0.25) is 0 Å². The number of thioether (sulfide) groups is 1. The smallest absolute Gasteiger partial charge is 0.259 e. The molecule has 0 aromatic heterocycles. The number of carbonyl (C=O) groups excluding carboxylic acids is 3. The summed E-state index contributed by atoms with van der Waals surface area (Å²) in [5.74, 6) is -0.852. The number of hydrogen-bond donors (Lipinski definition) is 2. The largest absolute Gasteiger partial charge is 0.352 e. The summed E-state index contributed by atoms with van der Waals surface area (Å²) >= 11 is 1.20. The molecule has 0 radical (unpaired) electrons. The van der Waals surface area contributed by atoms with Crippen LogP contribution >= 0.6 is 11.8 Å². The zero-order valence-corrected chi connectivity index (χ0v) is 22.9. The monoisotopic (exact) mass is 557 g/mol. The number of amides is 3. The molecule has 0 fully saturated rings. The molecule has 2 atom stereocenters. The first-order chi connectivity index (χ1) is 19.3. The molecule has 2 aliphatic rings. The van der Waals surface area contributed by atoms with Crippen molar-refractivity contribution in [2.45, 2.75) is 44.5 Å². The third-order valence-corrected chi connectivity index (χ3v) is 7.84. The standard InChI is InChI=1S/C30H28FN5O3S/c1-3-25(28(38)33-21-8-6-7-18(2)15-21)40-30-35-23-10-5-4-9-22(23)27-34-24(29(39)36(27)30)16-26(37)32-17-19-11-13-20(31)14-12-19/h4-15,24-25H,3,16-17H2,1-2H3,(H,32,37)(H,33,38)/t24-,25-/m1/s1. The highest BCUT2D eigenvalue weighted by atomic mass is 32.2. The first-order valence-electron chi connectivity index (χ1n) is 13.0. The molecule has 0 spiro atoms. The molecular weight excluding hydrogens is 529 g/mol. The van der Waals surface area contributed by atoms with Crippen molar-refractivity contribution >= 4 is 51.9 Å². The van der Waals surface area contributed by atoms with Gasteiger partial charge in [-0.25, -0.2) is 14.3 Å². The van der Waals surface area contributed by atoms with E-state index in [4.69, 9.17) is 4.99 Å². The van der Waals surface area contributed by atoms with Crippen LogP contribution in [0.3, 0.4) is 0 Å². The summed E-state index contributed by atoms with van der Waals surface area (Å²) in [4.78, 5) is 50.2. The van der Waals surface area contributed by atoms with E-state index in [1.165, 1.54) is 28.8 Å². The third kappa shape index (κ3) is 5.96. The number of halogens is 1. The lowest BCUT2D eigenvalue weighted by atomic mass is 10.1. The summed E-state index contributed by atoms with van der Waals surface area (Å²) < 4.78 is 13.2. The molecule has 8 nitrogen and oxygen atoms in total. The number of anilines is 1. The molecule has 0 saturated heterocycles. The Bertz CT molecular complexity index is 1520. The summed E-state index contributed by atoms with van der Waals surface area (Å²) in [6.45, 7) is 4.06. The van der Waals surface area contributed by atoms with Crippen molar-refractivity contribution in [3.05, 3.63) is 95.3 Å². The van der Waals surface area contributed by atoms with E-state index in [2.05, 4.69) is 15.6 Å². The molecule has 0 aliphatic carbocycles. The molecule has 5 rings (SSSR count). The molecule has 10 heteroatoms. The fourth-order valence-corrected chi connectivity index (χ4v) is 5.48. The van der Waals surface area contributed by atoms with E-state index in [0.29, 0.717) is 34.4 Å². The molecule has 2 heterocycles. The average molecular weight is 558 g/mol. The number of aliphatic imine (C=N–C) groups is 2. The summed E-state index contributed by atoms with van der Waals surface area (Å²) in [6.07, 6.45) is 0.359. The predicted octanol–water partition coefficient (Wildman–Crippen LogP) is 4.95. The highest BCUT2D eigenvalue weighted by Crippen LogP contribution is 2.36. The zero-order chi connectivity index (χ0) is 28.2. The Morgan fingerprint density at radius 2 is 1.85 bits per heavy atom. The van der Waals surface area contributed by atoms with Gasteiger partial charge in [0.25, 0.3) is 5.91 Å². The number of hydrogen-bond acceptors (Lipinski definition) is 6. The van der Waals surface area contributed by atoms with Crippen molar-refractivity contribution in [1.82, 2.24) is 10.2 Å². The van der Waals surface area contributed by atoms with Crippen LogP contribution in [0.15, 0.2) is 82.8 Å². The number of carbonyl (C=O) groups is 3. The Kier molecular flexibility index (Phi) is 8.06. The number of aryl methyl sites for hydroxylation is 1. The number of para-hydroxylation sites is 1. The van der Waals surface area contributed by atoms with E-state index in [-0.39, 0.29) is 36.5 Å². The van der Waals surface area contributed by atoms with Gasteiger partial charge >= 0.3 is 0 Å². The van der Waals surface area contributed by atoms with E-state index in [1.807, 2.05) is 62.4 Å². The highest BCUT2D eigenvalue weighted by Gasteiger charge is 2.43. The SMILES string of the molecule is CC[C@@H](SC1=Nc2ccccc2C2=N[C@H](CC(=O)NCc3ccc(F)cc3)C(=O)N12)C(=O)Nc1cccc(C)c1. The lowest BCUT2D eigenvalue weighted by Crippen LogP contribution is -2.43. The molecule has 0 saturated carbocycles. The highest BCUT2D eigenvalue weighted by molar-refractivity contribution is 8.15. The molecule has 40 heavy (non-hydrogen) atoms. The van der Waals surface area contributed by atoms with Crippen LogP contribution < -0.4 is 10.6 Å². The molecular formula is C30H28FN5O3S. The minimum atomic E-state index is -0.929. The van der Waals surface area contributed by atoms with E-state index in [9.17, 15) is 18.8 Å². The second-order valence-corrected chi connectivity index (χ2v) is 10.7. The quantitative estimate of drug-likeness (QED) is 0.409. The summed E-state index contributed by atoms with van der Waals surface area (Å²) in [7, 11) is 0. The molecule has 3 amide bonds. The maximum atomic E-state index is 13.6. The Hall–Kier alpha value is -4.31. The van der Waals surface area contributed by atoms with Crippen LogP contribution in [0.5, 0.6) is 0 Å².